The van der Waals surface area contributed by atoms with E-state index in [4.69, 9.17) is 27.9 Å². The number of dihydropyridines is 1. The number of carbonyl (C=O) groups is 3. The Labute approximate surface area is 177 Å². The highest BCUT2D eigenvalue weighted by Gasteiger charge is 2.44. The highest BCUT2D eigenvalue weighted by atomic mass is 35.5. The van der Waals surface area contributed by atoms with Gasteiger partial charge in [-0.15, -0.1) is 0 Å². The fourth-order valence-electron chi connectivity index (χ4n) is 3.84. The summed E-state index contributed by atoms with van der Waals surface area (Å²) in [6.07, 6.45) is 0. The van der Waals surface area contributed by atoms with Crippen molar-refractivity contribution < 1.29 is 19.1 Å². The normalized spacial score (nSPS) is 18.3. The summed E-state index contributed by atoms with van der Waals surface area (Å²) >= 11 is 12.5. The molecule has 0 saturated carbocycles. The molecule has 0 aromatic heterocycles. The van der Waals surface area contributed by atoms with Crippen LogP contribution < -0.4 is 5.32 Å². The van der Waals surface area contributed by atoms with Crippen LogP contribution in [0.5, 0.6) is 0 Å². The van der Waals surface area contributed by atoms with Gasteiger partial charge in [0.15, 0.2) is 5.78 Å². The SMILES string of the molecule is COC(=O)C1=C(C)NC2=C(C(=O)c3ccccc3C2=O)C1c1ccc(Cl)cc1Cl. The van der Waals surface area contributed by atoms with E-state index < -0.39 is 11.9 Å². The van der Waals surface area contributed by atoms with E-state index in [-0.39, 0.29) is 39.0 Å². The number of hydrogen-bond acceptors (Lipinski definition) is 5. The van der Waals surface area contributed by atoms with Crippen LogP contribution in [0.2, 0.25) is 10.0 Å². The van der Waals surface area contributed by atoms with E-state index in [0.29, 0.717) is 21.8 Å². The Morgan fingerprint density at radius 1 is 1.03 bits per heavy atom. The second-order valence-corrected chi connectivity index (χ2v) is 7.59. The molecule has 0 spiro atoms. The van der Waals surface area contributed by atoms with E-state index in [1.807, 2.05) is 0 Å². The van der Waals surface area contributed by atoms with Gasteiger partial charge in [-0.25, -0.2) is 4.79 Å². The van der Waals surface area contributed by atoms with Gasteiger partial charge in [0.05, 0.1) is 24.3 Å². The van der Waals surface area contributed by atoms with E-state index in [1.54, 1.807) is 43.3 Å². The van der Waals surface area contributed by atoms with Crippen molar-refractivity contribution >= 4 is 40.7 Å². The largest absolute Gasteiger partial charge is 0.466 e. The number of esters is 1. The van der Waals surface area contributed by atoms with Crippen molar-refractivity contribution in [2.24, 2.45) is 0 Å². The second kappa shape index (κ2) is 7.17. The summed E-state index contributed by atoms with van der Waals surface area (Å²) in [6.45, 7) is 1.66. The molecule has 0 amide bonds. The molecule has 1 heterocycles. The van der Waals surface area contributed by atoms with Gasteiger partial charge >= 0.3 is 5.97 Å². The lowest BCUT2D eigenvalue weighted by atomic mass is 9.73. The van der Waals surface area contributed by atoms with Crippen molar-refractivity contribution in [3.63, 3.8) is 0 Å². The van der Waals surface area contributed by atoms with E-state index in [9.17, 15) is 14.4 Å². The molecule has 0 saturated heterocycles. The standard InChI is InChI=1S/C22H15Cl2NO4/c1-10-16(22(28)29-2)17(14-8-7-11(23)9-15(14)24)18-19(25-10)21(27)13-6-4-3-5-12(13)20(18)26/h3-9,17,25H,1-2H3. The number of benzene rings is 2. The molecule has 146 valence electrons. The lowest BCUT2D eigenvalue weighted by molar-refractivity contribution is -0.136. The number of rotatable bonds is 2. The van der Waals surface area contributed by atoms with Crippen LogP contribution in [0.25, 0.3) is 0 Å². The van der Waals surface area contributed by atoms with E-state index >= 15 is 0 Å². The third kappa shape index (κ3) is 2.98. The third-order valence-electron chi connectivity index (χ3n) is 5.13. The minimum Gasteiger partial charge on any atom is -0.466 e. The summed E-state index contributed by atoms with van der Waals surface area (Å²) in [4.78, 5) is 39.2. The number of fused-ring (bicyclic) bond motifs is 1. The van der Waals surface area contributed by atoms with Crippen molar-refractivity contribution in [2.45, 2.75) is 12.8 Å². The van der Waals surface area contributed by atoms with Gasteiger partial charge in [0.2, 0.25) is 5.78 Å². The average molecular weight is 428 g/mol. The molecule has 7 heteroatoms. The van der Waals surface area contributed by atoms with E-state index in [1.165, 1.54) is 13.2 Å². The fourth-order valence-corrected chi connectivity index (χ4v) is 4.36. The Morgan fingerprint density at radius 3 is 2.31 bits per heavy atom. The maximum absolute atomic E-state index is 13.4. The molecule has 1 aliphatic heterocycles. The van der Waals surface area contributed by atoms with Gasteiger partial charge in [-0.05, 0) is 24.6 Å². The van der Waals surface area contributed by atoms with Gasteiger partial charge in [0.1, 0.15) is 0 Å². The highest BCUT2D eigenvalue weighted by Crippen LogP contribution is 2.45. The number of ketones is 2. The molecule has 29 heavy (non-hydrogen) atoms. The van der Waals surface area contributed by atoms with Crippen LogP contribution in [-0.4, -0.2) is 24.6 Å². The first-order chi connectivity index (χ1) is 13.8. The molecule has 5 nitrogen and oxygen atoms in total. The van der Waals surface area contributed by atoms with E-state index in [0.717, 1.165) is 0 Å². The van der Waals surface area contributed by atoms with Gasteiger partial charge in [-0.2, -0.15) is 0 Å². The van der Waals surface area contributed by atoms with Gasteiger partial charge in [-0.1, -0.05) is 53.5 Å². The van der Waals surface area contributed by atoms with Crippen molar-refractivity contribution in [3.8, 4) is 0 Å². The van der Waals surface area contributed by atoms with Crippen molar-refractivity contribution in [2.75, 3.05) is 7.11 Å². The summed E-state index contributed by atoms with van der Waals surface area (Å²) in [5.41, 5.74) is 2.06. The number of nitrogens with one attached hydrogen (secondary N) is 1. The molecular formula is C22H15Cl2NO4. The van der Waals surface area contributed by atoms with Crippen LogP contribution in [0.4, 0.5) is 0 Å². The van der Waals surface area contributed by atoms with Crippen molar-refractivity contribution in [3.05, 3.63) is 91.7 Å². The summed E-state index contributed by atoms with van der Waals surface area (Å²) in [5, 5.41) is 3.65. The minimum absolute atomic E-state index is 0.148. The minimum atomic E-state index is -0.867. The molecule has 1 aliphatic carbocycles. The molecule has 0 bridgehead atoms. The van der Waals surface area contributed by atoms with Crippen LogP contribution in [0.15, 0.2) is 65.0 Å². The molecule has 2 aromatic carbocycles. The molecule has 0 radical (unpaired) electrons. The maximum atomic E-state index is 13.4. The summed E-state index contributed by atoms with van der Waals surface area (Å²) in [7, 11) is 1.26. The molecule has 4 rings (SSSR count). The summed E-state index contributed by atoms with van der Waals surface area (Å²) < 4.78 is 4.96. The maximum Gasteiger partial charge on any atom is 0.336 e. The van der Waals surface area contributed by atoms with Crippen LogP contribution in [0, 0.1) is 0 Å². The predicted molar refractivity (Wildman–Crippen MR) is 109 cm³/mol. The van der Waals surface area contributed by atoms with Gasteiger partial charge in [-0.3, -0.25) is 9.59 Å². The highest BCUT2D eigenvalue weighted by molar-refractivity contribution is 6.35. The van der Waals surface area contributed by atoms with Gasteiger partial charge in [0, 0.05) is 32.4 Å². The van der Waals surface area contributed by atoms with Crippen LogP contribution >= 0.6 is 23.2 Å². The Hall–Kier alpha value is -2.89. The summed E-state index contributed by atoms with van der Waals surface area (Å²) in [5.74, 6) is -2.13. The molecule has 0 fully saturated rings. The fraction of sp³-hybridized carbons (Fsp3) is 0.136. The lowest BCUT2D eigenvalue weighted by Crippen LogP contribution is -2.38. The number of hydrogen-bond donors (Lipinski definition) is 1. The topological polar surface area (TPSA) is 72.5 Å². The zero-order chi connectivity index (χ0) is 20.9. The Balaban J connectivity index is 2.01. The molecule has 1 atom stereocenters. The second-order valence-electron chi connectivity index (χ2n) is 6.75. The molecule has 1 N–H and O–H groups in total. The quantitative estimate of drug-likeness (QED) is 0.716. The zero-order valence-electron chi connectivity index (χ0n) is 15.5. The Bertz CT molecular complexity index is 1160. The first-order valence-corrected chi connectivity index (χ1v) is 9.54. The Kier molecular flexibility index (Phi) is 4.81. The number of methoxy groups -OCH3 is 1. The smallest absolute Gasteiger partial charge is 0.336 e. The van der Waals surface area contributed by atoms with Crippen LogP contribution in [0.3, 0.4) is 0 Å². The number of allylic oxidation sites excluding steroid dienone is 3. The first kappa shape index (κ1) is 19.4. The lowest BCUT2D eigenvalue weighted by Gasteiger charge is -2.34. The number of ether oxygens (including phenoxy) is 1. The first-order valence-electron chi connectivity index (χ1n) is 8.78. The van der Waals surface area contributed by atoms with Crippen LogP contribution in [0.1, 0.15) is 39.1 Å². The zero-order valence-corrected chi connectivity index (χ0v) is 17.0. The van der Waals surface area contributed by atoms with E-state index in [2.05, 4.69) is 5.32 Å². The molecular weight excluding hydrogens is 413 g/mol. The van der Waals surface area contributed by atoms with Gasteiger partial charge in [0.25, 0.3) is 0 Å². The van der Waals surface area contributed by atoms with Crippen molar-refractivity contribution in [1.29, 1.82) is 0 Å². The Morgan fingerprint density at radius 2 is 1.69 bits per heavy atom. The van der Waals surface area contributed by atoms with Crippen molar-refractivity contribution in [1.82, 2.24) is 5.32 Å². The van der Waals surface area contributed by atoms with Crippen LogP contribution in [-0.2, 0) is 9.53 Å². The number of halogens is 2. The summed E-state index contributed by atoms with van der Waals surface area (Å²) in [6, 6.07) is 11.4. The number of Topliss-reactive ketones (excluding diaryl/α,β-unsaturated/α-hetero) is 2. The molecule has 2 aliphatic rings. The molecule has 1 unspecified atom stereocenters. The predicted octanol–water partition coefficient (Wildman–Crippen LogP) is 4.46. The monoisotopic (exact) mass is 427 g/mol. The van der Waals surface area contributed by atoms with Gasteiger partial charge < -0.3 is 10.1 Å². The number of carbonyl (C=O) groups excluding carboxylic acids is 3. The molecule has 2 aromatic rings. The average Bonchev–Trinajstić information content (AvgIpc) is 2.71. The third-order valence-corrected chi connectivity index (χ3v) is 5.69.